The van der Waals surface area contributed by atoms with Crippen LogP contribution in [0, 0.1) is 17.3 Å². The maximum absolute atomic E-state index is 10.0. The summed E-state index contributed by atoms with van der Waals surface area (Å²) in [5.41, 5.74) is 2.10. The van der Waals surface area contributed by atoms with E-state index in [-0.39, 0.29) is 5.41 Å². The van der Waals surface area contributed by atoms with Gasteiger partial charge in [0.1, 0.15) is 6.61 Å². The van der Waals surface area contributed by atoms with Crippen LogP contribution in [0.25, 0.3) is 0 Å². The zero-order chi connectivity index (χ0) is 15.2. The highest BCUT2D eigenvalue weighted by Gasteiger charge is 2.61. The first-order chi connectivity index (χ1) is 10.7. The van der Waals surface area contributed by atoms with Crippen LogP contribution in [0.4, 0.5) is 0 Å². The molecule has 0 heterocycles. The average Bonchev–Trinajstić information content (AvgIpc) is 3.17. The van der Waals surface area contributed by atoms with Gasteiger partial charge in [-0.2, -0.15) is 0 Å². The van der Waals surface area contributed by atoms with Crippen molar-refractivity contribution >= 4 is 5.71 Å². The first kappa shape index (κ1) is 14.2. The van der Waals surface area contributed by atoms with Gasteiger partial charge in [0.25, 0.3) is 0 Å². The maximum Gasteiger partial charge on any atom is 0.142 e. The van der Waals surface area contributed by atoms with Gasteiger partial charge in [0.05, 0.1) is 17.9 Å². The number of aliphatic hydroxyl groups excluding tert-OH is 2. The minimum Gasteiger partial charge on any atom is -0.391 e. The number of benzene rings is 1. The molecule has 4 atom stereocenters. The molecule has 4 unspecified atom stereocenters. The fraction of sp³-hybridized carbons (Fsp3) is 0.611. The summed E-state index contributed by atoms with van der Waals surface area (Å²) in [4.78, 5) is 5.64. The molecule has 4 rings (SSSR count). The van der Waals surface area contributed by atoms with Crippen LogP contribution in [0.3, 0.4) is 0 Å². The fourth-order valence-corrected chi connectivity index (χ4v) is 4.91. The van der Waals surface area contributed by atoms with Crippen molar-refractivity contribution in [1.29, 1.82) is 0 Å². The quantitative estimate of drug-likeness (QED) is 0.843. The van der Waals surface area contributed by atoms with Gasteiger partial charge in [-0.05, 0) is 43.6 Å². The van der Waals surface area contributed by atoms with E-state index < -0.39 is 12.2 Å². The number of hydrogen-bond acceptors (Lipinski definition) is 4. The fourth-order valence-electron chi connectivity index (χ4n) is 4.91. The molecular formula is C18H23NO3. The van der Waals surface area contributed by atoms with Crippen LogP contribution in [0.15, 0.2) is 35.5 Å². The van der Waals surface area contributed by atoms with E-state index in [4.69, 9.17) is 4.84 Å². The Kier molecular flexibility index (Phi) is 3.46. The molecule has 22 heavy (non-hydrogen) atoms. The number of nitrogens with zero attached hydrogens (tertiary/aromatic N) is 1. The van der Waals surface area contributed by atoms with Crippen molar-refractivity contribution in [2.75, 3.05) is 0 Å². The second-order valence-electron chi connectivity index (χ2n) is 7.14. The minimum atomic E-state index is -0.612. The van der Waals surface area contributed by atoms with Crippen molar-refractivity contribution in [2.24, 2.45) is 22.4 Å². The number of hydrogen-bond donors (Lipinski definition) is 2. The molecule has 2 bridgehead atoms. The second kappa shape index (κ2) is 5.36. The van der Waals surface area contributed by atoms with Gasteiger partial charge in [-0.25, -0.2) is 0 Å². The van der Waals surface area contributed by atoms with Crippen molar-refractivity contribution in [3.05, 3.63) is 35.9 Å². The molecule has 1 aromatic carbocycles. The van der Waals surface area contributed by atoms with Crippen molar-refractivity contribution in [3.63, 3.8) is 0 Å². The van der Waals surface area contributed by atoms with E-state index in [9.17, 15) is 10.2 Å². The van der Waals surface area contributed by atoms with Gasteiger partial charge in [-0.1, -0.05) is 35.5 Å². The highest BCUT2D eigenvalue weighted by atomic mass is 16.6. The molecule has 2 N–H and O–H groups in total. The maximum atomic E-state index is 10.0. The molecule has 0 aliphatic heterocycles. The van der Waals surface area contributed by atoms with E-state index in [1.54, 1.807) is 0 Å². The van der Waals surface area contributed by atoms with Crippen LogP contribution in [0.2, 0.25) is 0 Å². The van der Waals surface area contributed by atoms with Crippen LogP contribution in [-0.2, 0) is 11.4 Å². The molecule has 1 spiro atoms. The predicted octanol–water partition coefficient (Wildman–Crippen LogP) is 2.49. The average molecular weight is 301 g/mol. The molecule has 3 fully saturated rings. The first-order valence-electron chi connectivity index (χ1n) is 8.29. The van der Waals surface area contributed by atoms with Crippen molar-refractivity contribution in [3.8, 4) is 0 Å². The Morgan fingerprint density at radius 3 is 2.55 bits per heavy atom. The lowest BCUT2D eigenvalue weighted by atomic mass is 9.70. The molecule has 0 amide bonds. The van der Waals surface area contributed by atoms with Gasteiger partial charge >= 0.3 is 0 Å². The summed E-state index contributed by atoms with van der Waals surface area (Å²) in [6.45, 7) is 0.475. The molecule has 3 saturated carbocycles. The molecule has 4 heteroatoms. The first-order valence-corrected chi connectivity index (χ1v) is 8.29. The minimum absolute atomic E-state index is 0.113. The summed E-state index contributed by atoms with van der Waals surface area (Å²) in [6, 6.07) is 10.0. The lowest BCUT2D eigenvalue weighted by Gasteiger charge is -2.34. The zero-order valence-electron chi connectivity index (χ0n) is 12.7. The third-order valence-electron chi connectivity index (χ3n) is 5.94. The van der Waals surface area contributed by atoms with Gasteiger partial charge in [-0.3, -0.25) is 0 Å². The Labute approximate surface area is 130 Å². The monoisotopic (exact) mass is 301 g/mol. The van der Waals surface area contributed by atoms with Gasteiger partial charge in [0.2, 0.25) is 0 Å². The molecule has 3 aliphatic rings. The highest BCUT2D eigenvalue weighted by molar-refractivity contribution is 5.95. The Hall–Kier alpha value is -1.39. The number of aliphatic hydroxyl groups is 2. The lowest BCUT2D eigenvalue weighted by molar-refractivity contribution is 0.0438. The summed E-state index contributed by atoms with van der Waals surface area (Å²) in [5, 5.41) is 24.6. The normalized spacial score (nSPS) is 41.6. The van der Waals surface area contributed by atoms with E-state index in [1.165, 1.54) is 12.8 Å². The number of rotatable bonds is 3. The largest absolute Gasteiger partial charge is 0.391 e. The van der Waals surface area contributed by atoms with Crippen LogP contribution >= 0.6 is 0 Å². The highest BCUT2D eigenvalue weighted by Crippen LogP contribution is 2.61. The van der Waals surface area contributed by atoms with E-state index >= 15 is 0 Å². The predicted molar refractivity (Wildman–Crippen MR) is 83.2 cm³/mol. The van der Waals surface area contributed by atoms with Gasteiger partial charge in [0.15, 0.2) is 0 Å². The SMILES string of the molecule is OC1CC2(CC1O)C(=NOCc1ccccc1)C1CCC2C1. The molecule has 118 valence electrons. The van der Waals surface area contributed by atoms with Gasteiger partial charge in [0, 0.05) is 11.3 Å². The van der Waals surface area contributed by atoms with Crippen LogP contribution in [0.5, 0.6) is 0 Å². The second-order valence-corrected chi connectivity index (χ2v) is 7.14. The van der Waals surface area contributed by atoms with Crippen LogP contribution in [0.1, 0.15) is 37.7 Å². The summed E-state index contributed by atoms with van der Waals surface area (Å²) in [7, 11) is 0. The Morgan fingerprint density at radius 2 is 1.82 bits per heavy atom. The molecule has 3 aliphatic carbocycles. The summed E-state index contributed by atoms with van der Waals surface area (Å²) in [6.07, 6.45) is 3.57. The van der Waals surface area contributed by atoms with Crippen LogP contribution < -0.4 is 0 Å². The standard InChI is InChI=1S/C18H23NO3/c20-15-9-18(10-16(15)21)14-7-6-13(8-14)17(18)19-22-11-12-4-2-1-3-5-12/h1-5,13-16,20-21H,6-11H2. The van der Waals surface area contributed by atoms with E-state index in [0.29, 0.717) is 31.3 Å². The van der Waals surface area contributed by atoms with E-state index in [2.05, 4.69) is 5.16 Å². The number of fused-ring (bicyclic) bond motifs is 3. The topological polar surface area (TPSA) is 62.0 Å². The molecule has 0 radical (unpaired) electrons. The molecule has 1 aromatic rings. The smallest absolute Gasteiger partial charge is 0.142 e. The van der Waals surface area contributed by atoms with Crippen molar-refractivity contribution in [2.45, 2.75) is 50.9 Å². The van der Waals surface area contributed by atoms with Gasteiger partial charge < -0.3 is 15.1 Å². The van der Waals surface area contributed by atoms with Crippen LogP contribution in [-0.4, -0.2) is 28.1 Å². The van der Waals surface area contributed by atoms with Crippen molar-refractivity contribution in [1.82, 2.24) is 0 Å². The Morgan fingerprint density at radius 1 is 1.09 bits per heavy atom. The summed E-state index contributed by atoms with van der Waals surface area (Å²) < 4.78 is 0. The Balaban J connectivity index is 1.53. The Bertz CT molecular complexity index is 561. The van der Waals surface area contributed by atoms with Gasteiger partial charge in [-0.15, -0.1) is 0 Å². The third-order valence-corrected chi connectivity index (χ3v) is 5.94. The van der Waals surface area contributed by atoms with Crippen molar-refractivity contribution < 1.29 is 15.1 Å². The number of oxime groups is 1. The van der Waals surface area contributed by atoms with E-state index in [1.807, 2.05) is 30.3 Å². The molecular weight excluding hydrogens is 278 g/mol. The summed E-state index contributed by atoms with van der Waals surface area (Å²) in [5.74, 6) is 1.04. The summed E-state index contributed by atoms with van der Waals surface area (Å²) >= 11 is 0. The third kappa shape index (κ3) is 2.17. The molecule has 0 saturated heterocycles. The molecule has 0 aromatic heterocycles. The zero-order valence-corrected chi connectivity index (χ0v) is 12.7. The molecule has 4 nitrogen and oxygen atoms in total. The van der Waals surface area contributed by atoms with E-state index in [0.717, 1.165) is 17.7 Å². The lowest BCUT2D eigenvalue weighted by Crippen LogP contribution is -2.35.